The Hall–Kier alpha value is -3.18. The number of nitrogens with zero attached hydrogens (tertiary/aromatic N) is 5. The van der Waals surface area contributed by atoms with Crippen molar-refractivity contribution in [2.45, 2.75) is 58.3 Å². The molecule has 0 aliphatic heterocycles. The second-order valence-electron chi connectivity index (χ2n) is 8.31. The second-order valence-corrected chi connectivity index (χ2v) is 8.31. The number of rotatable bonds is 6. The van der Waals surface area contributed by atoms with Gasteiger partial charge in [-0.25, -0.2) is 23.7 Å². The summed E-state index contributed by atoms with van der Waals surface area (Å²) in [5.41, 5.74) is -0.963. The van der Waals surface area contributed by atoms with Gasteiger partial charge in [0.2, 0.25) is 0 Å². The molecule has 0 radical (unpaired) electrons. The number of alkyl halides is 5. The molecule has 1 fully saturated rings. The van der Waals surface area contributed by atoms with E-state index >= 15 is 0 Å². The van der Waals surface area contributed by atoms with Crippen LogP contribution in [0.2, 0.25) is 0 Å². The lowest BCUT2D eigenvalue weighted by molar-refractivity contribution is -0.141. The summed E-state index contributed by atoms with van der Waals surface area (Å²) in [6.07, 6.45) is -4.02. The molecule has 3 aromatic rings. The SMILES string of the molecule is Cc1nc(C(F)(F)F)cc2c1nc([C@@H](NC(=O)c1cnc(C(F)F)cn1)C1CC1)n2C(C)C. The maximum atomic E-state index is 13.4. The van der Waals surface area contributed by atoms with Gasteiger partial charge in [-0.15, -0.1) is 0 Å². The van der Waals surface area contributed by atoms with Crippen molar-refractivity contribution in [1.29, 1.82) is 0 Å². The van der Waals surface area contributed by atoms with E-state index in [4.69, 9.17) is 0 Å². The van der Waals surface area contributed by atoms with E-state index in [-0.39, 0.29) is 28.9 Å². The second kappa shape index (κ2) is 8.31. The van der Waals surface area contributed by atoms with Gasteiger partial charge in [-0.05, 0) is 45.6 Å². The maximum Gasteiger partial charge on any atom is 0.433 e. The summed E-state index contributed by atoms with van der Waals surface area (Å²) in [7, 11) is 0. The molecule has 33 heavy (non-hydrogen) atoms. The van der Waals surface area contributed by atoms with E-state index in [1.807, 2.05) is 13.8 Å². The van der Waals surface area contributed by atoms with Gasteiger partial charge in [-0.2, -0.15) is 13.2 Å². The van der Waals surface area contributed by atoms with E-state index in [9.17, 15) is 26.7 Å². The molecule has 0 aromatic carbocycles. The molecule has 176 valence electrons. The zero-order valence-corrected chi connectivity index (χ0v) is 18.0. The van der Waals surface area contributed by atoms with E-state index in [1.54, 1.807) is 4.57 Å². The predicted molar refractivity (Wildman–Crippen MR) is 108 cm³/mol. The average Bonchev–Trinajstić information content (AvgIpc) is 3.50. The van der Waals surface area contributed by atoms with Crippen molar-refractivity contribution < 1.29 is 26.7 Å². The zero-order chi connectivity index (χ0) is 24.1. The summed E-state index contributed by atoms with van der Waals surface area (Å²) in [6.45, 7) is 5.09. The smallest absolute Gasteiger partial charge is 0.340 e. The lowest BCUT2D eigenvalue weighted by Crippen LogP contribution is -2.33. The van der Waals surface area contributed by atoms with Crippen LogP contribution < -0.4 is 5.32 Å². The van der Waals surface area contributed by atoms with Crippen molar-refractivity contribution in [3.05, 3.63) is 47.1 Å². The normalized spacial score (nSPS) is 15.5. The van der Waals surface area contributed by atoms with Crippen LogP contribution in [0.5, 0.6) is 0 Å². The van der Waals surface area contributed by atoms with Crippen LogP contribution in [0.3, 0.4) is 0 Å². The number of halogens is 5. The van der Waals surface area contributed by atoms with Crippen LogP contribution in [-0.2, 0) is 6.18 Å². The fourth-order valence-corrected chi connectivity index (χ4v) is 3.78. The molecule has 4 rings (SSSR count). The van der Waals surface area contributed by atoms with E-state index in [0.29, 0.717) is 11.3 Å². The van der Waals surface area contributed by atoms with Gasteiger partial charge in [0.05, 0.1) is 29.6 Å². The summed E-state index contributed by atoms with van der Waals surface area (Å²) in [4.78, 5) is 28.4. The molecular formula is C21H21F5N6O. The highest BCUT2D eigenvalue weighted by atomic mass is 19.4. The monoisotopic (exact) mass is 468 g/mol. The summed E-state index contributed by atoms with van der Waals surface area (Å²) in [6, 6.07) is 0.118. The van der Waals surface area contributed by atoms with Crippen LogP contribution in [0.1, 0.15) is 78.6 Å². The number of aryl methyl sites for hydroxylation is 1. The minimum absolute atomic E-state index is 0.0342. The summed E-state index contributed by atoms with van der Waals surface area (Å²) >= 11 is 0. The first-order chi connectivity index (χ1) is 15.5. The lowest BCUT2D eigenvalue weighted by atomic mass is 10.1. The Morgan fingerprint density at radius 3 is 2.36 bits per heavy atom. The Kier molecular flexibility index (Phi) is 5.79. The Labute approximate surface area is 185 Å². The van der Waals surface area contributed by atoms with Crippen LogP contribution in [0.4, 0.5) is 22.0 Å². The van der Waals surface area contributed by atoms with Gasteiger partial charge in [0.1, 0.15) is 28.4 Å². The van der Waals surface area contributed by atoms with Crippen LogP contribution >= 0.6 is 0 Å². The quantitative estimate of drug-likeness (QED) is 0.518. The van der Waals surface area contributed by atoms with Gasteiger partial charge < -0.3 is 9.88 Å². The number of hydrogen-bond acceptors (Lipinski definition) is 5. The summed E-state index contributed by atoms with van der Waals surface area (Å²) in [5.74, 6) is -0.183. The molecule has 1 atom stereocenters. The topological polar surface area (TPSA) is 85.6 Å². The maximum absolute atomic E-state index is 13.4. The molecule has 7 nitrogen and oxygen atoms in total. The summed E-state index contributed by atoms with van der Waals surface area (Å²) in [5, 5.41) is 2.83. The van der Waals surface area contributed by atoms with Crippen molar-refractivity contribution in [3.8, 4) is 0 Å². The van der Waals surface area contributed by atoms with Gasteiger partial charge in [0.25, 0.3) is 12.3 Å². The van der Waals surface area contributed by atoms with E-state index in [0.717, 1.165) is 31.3 Å². The third-order valence-electron chi connectivity index (χ3n) is 5.47. The Morgan fingerprint density at radius 1 is 1.15 bits per heavy atom. The van der Waals surface area contributed by atoms with Gasteiger partial charge in [0.15, 0.2) is 0 Å². The van der Waals surface area contributed by atoms with Crippen LogP contribution in [0.15, 0.2) is 18.5 Å². The van der Waals surface area contributed by atoms with Crippen molar-refractivity contribution in [2.75, 3.05) is 0 Å². The predicted octanol–water partition coefficient (Wildman–Crippen LogP) is 4.95. The van der Waals surface area contributed by atoms with E-state index < -0.39 is 35.9 Å². The third-order valence-corrected chi connectivity index (χ3v) is 5.47. The molecule has 0 bridgehead atoms. The fourth-order valence-electron chi connectivity index (χ4n) is 3.78. The van der Waals surface area contributed by atoms with Gasteiger partial charge in [-0.3, -0.25) is 9.78 Å². The van der Waals surface area contributed by atoms with Crippen LogP contribution in [0, 0.1) is 12.8 Å². The average molecular weight is 468 g/mol. The number of carbonyl (C=O) groups is 1. The highest BCUT2D eigenvalue weighted by Crippen LogP contribution is 2.43. The van der Waals surface area contributed by atoms with E-state index in [1.165, 1.54) is 6.92 Å². The first-order valence-corrected chi connectivity index (χ1v) is 10.3. The van der Waals surface area contributed by atoms with Gasteiger partial charge in [0, 0.05) is 6.04 Å². The molecule has 0 unspecified atom stereocenters. The number of carbonyl (C=O) groups excluding carboxylic acids is 1. The van der Waals surface area contributed by atoms with Crippen LogP contribution in [0.25, 0.3) is 11.0 Å². The fraction of sp³-hybridized carbons (Fsp3) is 0.476. The zero-order valence-electron chi connectivity index (χ0n) is 18.0. The molecule has 1 saturated carbocycles. The highest BCUT2D eigenvalue weighted by Gasteiger charge is 2.39. The number of imidazole rings is 1. The van der Waals surface area contributed by atoms with Gasteiger partial charge in [-0.1, -0.05) is 0 Å². The molecule has 3 aromatic heterocycles. The summed E-state index contributed by atoms with van der Waals surface area (Å²) < 4.78 is 67.2. The lowest BCUT2D eigenvalue weighted by Gasteiger charge is -2.21. The molecule has 1 N–H and O–H groups in total. The highest BCUT2D eigenvalue weighted by molar-refractivity contribution is 5.92. The van der Waals surface area contributed by atoms with E-state index in [2.05, 4.69) is 25.3 Å². The Morgan fingerprint density at radius 2 is 1.85 bits per heavy atom. The minimum Gasteiger partial charge on any atom is -0.340 e. The molecular weight excluding hydrogens is 447 g/mol. The van der Waals surface area contributed by atoms with Crippen molar-refractivity contribution in [2.24, 2.45) is 5.92 Å². The number of pyridine rings is 1. The molecule has 0 saturated heterocycles. The number of fused-ring (bicyclic) bond motifs is 1. The number of nitrogens with one attached hydrogen (secondary N) is 1. The first kappa shape index (κ1) is 23.0. The third kappa shape index (κ3) is 4.51. The van der Waals surface area contributed by atoms with Crippen molar-refractivity contribution >= 4 is 16.9 Å². The number of aromatic nitrogens is 5. The Balaban J connectivity index is 1.75. The van der Waals surface area contributed by atoms with Crippen molar-refractivity contribution in [1.82, 2.24) is 29.8 Å². The molecule has 12 heteroatoms. The molecule has 3 heterocycles. The molecule has 1 amide bonds. The standard InChI is InChI=1S/C21H21F5N6O/c1-9(2)32-14-6-15(21(24,25)26)29-10(3)16(14)30-19(32)17(11-4-5-11)31-20(33)13-8-27-12(7-28-13)18(22)23/h6-9,11,17-18H,4-5H2,1-3H3,(H,31,33)/t17-/m0/s1. The number of hydrogen-bond donors (Lipinski definition) is 1. The molecule has 0 spiro atoms. The molecule has 1 aliphatic rings. The first-order valence-electron chi connectivity index (χ1n) is 10.3. The van der Waals surface area contributed by atoms with Crippen LogP contribution in [-0.4, -0.2) is 30.4 Å². The number of amides is 1. The minimum atomic E-state index is -4.61. The van der Waals surface area contributed by atoms with Crippen molar-refractivity contribution in [3.63, 3.8) is 0 Å². The molecule has 1 aliphatic carbocycles. The largest absolute Gasteiger partial charge is 0.433 e. The van der Waals surface area contributed by atoms with Gasteiger partial charge >= 0.3 is 6.18 Å². The Bertz CT molecular complexity index is 1180.